The fourth-order valence-electron chi connectivity index (χ4n) is 0.799. The van der Waals surface area contributed by atoms with Gasteiger partial charge in [0.05, 0.1) is 0 Å². The van der Waals surface area contributed by atoms with Crippen LogP contribution in [0.2, 0.25) is 0 Å². The van der Waals surface area contributed by atoms with Crippen LogP contribution >= 0.6 is 37.0 Å². The number of hydrogen-bond acceptors (Lipinski definition) is 3. The highest BCUT2D eigenvalue weighted by Crippen LogP contribution is 2.20. The molecule has 0 radical (unpaired) electrons. The molecule has 0 fully saturated rings. The predicted molar refractivity (Wildman–Crippen MR) is 63.5 cm³/mol. The summed E-state index contributed by atoms with van der Waals surface area (Å²) in [5.74, 6) is 1.08. The summed E-state index contributed by atoms with van der Waals surface area (Å²) in [6, 6.07) is 10.4. The van der Waals surface area contributed by atoms with Crippen LogP contribution in [0, 0.1) is 0 Å². The highest BCUT2D eigenvalue weighted by atomic mass is 32.2. The second-order valence-electron chi connectivity index (χ2n) is 2.43. The lowest BCUT2D eigenvalue weighted by atomic mass is 10.4. The highest BCUT2D eigenvalue weighted by Gasteiger charge is 1.96. The molecule has 1 rings (SSSR count). The largest absolute Gasteiger partial charge is 0.165 e. The van der Waals surface area contributed by atoms with Gasteiger partial charge >= 0.3 is 0 Å². The molecule has 0 unspecified atom stereocenters. The van der Waals surface area contributed by atoms with E-state index in [-0.39, 0.29) is 4.58 Å². The Morgan fingerprint density at radius 2 is 1.83 bits per heavy atom. The molecular formula is C9H12S3. The predicted octanol–water partition coefficient (Wildman–Crippen LogP) is 3.35. The summed E-state index contributed by atoms with van der Waals surface area (Å²) in [6.07, 6.45) is 1.03. The van der Waals surface area contributed by atoms with Crippen molar-refractivity contribution in [3.05, 3.63) is 30.3 Å². The Hall–Kier alpha value is 0.270. The Balaban J connectivity index is 2.25. The van der Waals surface area contributed by atoms with E-state index in [4.69, 9.17) is 0 Å². The molecule has 0 nitrogen and oxygen atoms in total. The first-order chi connectivity index (χ1) is 5.79. The van der Waals surface area contributed by atoms with Crippen molar-refractivity contribution in [3.63, 3.8) is 0 Å². The number of rotatable bonds is 4. The van der Waals surface area contributed by atoms with Gasteiger partial charge in [0.15, 0.2) is 0 Å². The summed E-state index contributed by atoms with van der Waals surface area (Å²) < 4.78 is 0.209. The van der Waals surface area contributed by atoms with Crippen molar-refractivity contribution in [2.75, 3.05) is 5.75 Å². The van der Waals surface area contributed by atoms with Crippen LogP contribution in [0.25, 0.3) is 0 Å². The van der Waals surface area contributed by atoms with Crippen LogP contribution in [0.3, 0.4) is 0 Å². The molecule has 0 N–H and O–H groups in total. The molecule has 1 aromatic rings. The Kier molecular flexibility index (Phi) is 5.04. The summed E-state index contributed by atoms with van der Waals surface area (Å²) in [7, 11) is 0. The number of thiol groups is 2. The highest BCUT2D eigenvalue weighted by molar-refractivity contribution is 8.00. The summed E-state index contributed by atoms with van der Waals surface area (Å²) in [5.41, 5.74) is 0. The Morgan fingerprint density at radius 3 is 2.42 bits per heavy atom. The summed E-state index contributed by atoms with van der Waals surface area (Å²) in [6.45, 7) is 0. The van der Waals surface area contributed by atoms with E-state index in [2.05, 4.69) is 49.5 Å². The molecule has 0 saturated heterocycles. The monoisotopic (exact) mass is 216 g/mol. The van der Waals surface area contributed by atoms with Crippen LogP contribution in [0.4, 0.5) is 0 Å². The van der Waals surface area contributed by atoms with E-state index < -0.39 is 0 Å². The van der Waals surface area contributed by atoms with Gasteiger partial charge in [-0.3, -0.25) is 0 Å². The quantitative estimate of drug-likeness (QED) is 0.442. The summed E-state index contributed by atoms with van der Waals surface area (Å²) in [5, 5.41) is 0. The van der Waals surface area contributed by atoms with E-state index in [9.17, 15) is 0 Å². The smallest absolute Gasteiger partial charge is 0.0450 e. The number of hydrogen-bond donors (Lipinski definition) is 2. The minimum Gasteiger partial charge on any atom is -0.165 e. The maximum absolute atomic E-state index is 4.20. The molecule has 1 aromatic carbocycles. The molecule has 0 aromatic heterocycles. The van der Waals surface area contributed by atoms with E-state index in [0.29, 0.717) is 0 Å². The fraction of sp³-hybridized carbons (Fsp3) is 0.333. The van der Waals surface area contributed by atoms with Gasteiger partial charge < -0.3 is 0 Å². The van der Waals surface area contributed by atoms with Crippen molar-refractivity contribution < 1.29 is 0 Å². The first-order valence-corrected chi connectivity index (χ1v) is 5.85. The van der Waals surface area contributed by atoms with Crippen LogP contribution < -0.4 is 0 Å². The van der Waals surface area contributed by atoms with Crippen LogP contribution in [-0.4, -0.2) is 10.3 Å². The van der Waals surface area contributed by atoms with Crippen LogP contribution in [0.5, 0.6) is 0 Å². The van der Waals surface area contributed by atoms with Gasteiger partial charge in [-0.2, -0.15) is 25.3 Å². The summed E-state index contributed by atoms with van der Waals surface area (Å²) >= 11 is 10.2. The molecule has 12 heavy (non-hydrogen) atoms. The molecule has 3 heteroatoms. The third-order valence-electron chi connectivity index (χ3n) is 1.39. The molecule has 0 aliphatic rings. The van der Waals surface area contributed by atoms with E-state index in [0.717, 1.165) is 12.2 Å². The average molecular weight is 216 g/mol. The van der Waals surface area contributed by atoms with Gasteiger partial charge in [-0.1, -0.05) is 18.2 Å². The van der Waals surface area contributed by atoms with Gasteiger partial charge in [-0.15, -0.1) is 11.8 Å². The van der Waals surface area contributed by atoms with Gasteiger partial charge in [-0.25, -0.2) is 0 Å². The van der Waals surface area contributed by atoms with E-state index in [1.165, 1.54) is 4.90 Å². The van der Waals surface area contributed by atoms with Gasteiger partial charge in [0.2, 0.25) is 0 Å². The van der Waals surface area contributed by atoms with E-state index in [1.807, 2.05) is 17.8 Å². The van der Waals surface area contributed by atoms with Crippen LogP contribution in [0.1, 0.15) is 6.42 Å². The molecule has 66 valence electrons. The molecule has 0 amide bonds. The maximum atomic E-state index is 4.20. The van der Waals surface area contributed by atoms with Crippen molar-refractivity contribution in [2.45, 2.75) is 15.9 Å². The lowest BCUT2D eigenvalue weighted by Gasteiger charge is -2.02. The van der Waals surface area contributed by atoms with Crippen LogP contribution in [0.15, 0.2) is 35.2 Å². The van der Waals surface area contributed by atoms with Crippen molar-refractivity contribution >= 4 is 37.0 Å². The normalized spacial score (nSPS) is 10.6. The lowest BCUT2D eigenvalue weighted by Crippen LogP contribution is -1.89. The standard InChI is InChI=1S/C9H12S3/c10-9(11)6-7-12-8-4-2-1-3-5-8/h1-5,9-11H,6-7H2. The first-order valence-electron chi connectivity index (χ1n) is 3.83. The molecule has 0 atom stereocenters. The van der Waals surface area contributed by atoms with E-state index >= 15 is 0 Å². The van der Waals surface area contributed by atoms with Gasteiger partial charge in [0, 0.05) is 9.48 Å². The zero-order chi connectivity index (χ0) is 8.81. The average Bonchev–Trinajstić information content (AvgIpc) is 2.05. The fourth-order valence-corrected chi connectivity index (χ4v) is 2.35. The number of thioether (sulfide) groups is 1. The molecule has 0 bridgehead atoms. The third-order valence-corrected chi connectivity index (χ3v) is 2.95. The minimum atomic E-state index is 0.209. The lowest BCUT2D eigenvalue weighted by molar-refractivity contribution is 1.08. The molecule has 0 saturated carbocycles. The minimum absolute atomic E-state index is 0.209. The van der Waals surface area contributed by atoms with Crippen molar-refractivity contribution in [2.24, 2.45) is 0 Å². The maximum Gasteiger partial charge on any atom is 0.0450 e. The van der Waals surface area contributed by atoms with Crippen molar-refractivity contribution in [1.29, 1.82) is 0 Å². The zero-order valence-electron chi connectivity index (χ0n) is 6.68. The van der Waals surface area contributed by atoms with E-state index in [1.54, 1.807) is 0 Å². The van der Waals surface area contributed by atoms with Gasteiger partial charge in [-0.05, 0) is 24.3 Å². The second-order valence-corrected chi connectivity index (χ2v) is 5.25. The Labute approximate surface area is 89.0 Å². The number of benzene rings is 1. The van der Waals surface area contributed by atoms with Gasteiger partial charge in [0.1, 0.15) is 0 Å². The second kappa shape index (κ2) is 5.84. The van der Waals surface area contributed by atoms with Crippen LogP contribution in [-0.2, 0) is 0 Å². The molecular weight excluding hydrogens is 204 g/mol. The third kappa shape index (κ3) is 4.33. The SMILES string of the molecule is SC(S)CCSc1ccccc1. The summed E-state index contributed by atoms with van der Waals surface area (Å²) in [4.78, 5) is 1.32. The zero-order valence-corrected chi connectivity index (χ0v) is 9.29. The van der Waals surface area contributed by atoms with Crippen molar-refractivity contribution in [1.82, 2.24) is 0 Å². The molecule has 0 aliphatic carbocycles. The topological polar surface area (TPSA) is 0 Å². The first kappa shape index (κ1) is 10.4. The van der Waals surface area contributed by atoms with Gasteiger partial charge in [0.25, 0.3) is 0 Å². The van der Waals surface area contributed by atoms with Crippen molar-refractivity contribution in [3.8, 4) is 0 Å². The molecule has 0 heterocycles. The Bertz CT molecular complexity index is 208. The molecule has 0 aliphatic heterocycles. The molecule has 0 spiro atoms. The Morgan fingerprint density at radius 1 is 1.17 bits per heavy atom.